The van der Waals surface area contributed by atoms with Crippen LogP contribution in [-0.4, -0.2) is 338 Å². The number of hydrogen-bond acceptors (Lipinski definition) is 35. The van der Waals surface area contributed by atoms with Crippen LogP contribution >= 0.6 is 0 Å². The summed E-state index contributed by atoms with van der Waals surface area (Å²) < 4.78 is 81.6. The molecule has 0 aromatic heterocycles. The van der Waals surface area contributed by atoms with Crippen LogP contribution in [0.4, 0.5) is 0 Å². The molecule has 0 aromatic carbocycles. The first-order valence-corrected chi connectivity index (χ1v) is 22.7. The van der Waals surface area contributed by atoms with Gasteiger partial charge in [-0.3, -0.25) is 4.74 Å². The van der Waals surface area contributed by atoms with E-state index in [1.165, 1.54) is 0 Å². The SMILES string of the molecule is OC[C@@H]1O[C@H]2OC3[C@H](CO)O[C@@H](O[C@]4(O)CO[C@@H](O[C@]5(O)CO[C@@H](O[C@H]6[C@H](O)[C@@H](O)[C@@H](O[C@H]6CO)O[C@]6(O)CO[C@@H](OC7[C@H](CO)O[C@H](OC1[C@H](O)[C@H]2O)[C@H](O)[C@H]7O)O[C@H]6O)[C@H](O)[C@H]5O)[C@H](O)[C@H]4O)[C@H](O)[C@H]3O. The van der Waals surface area contributed by atoms with Crippen LogP contribution in [0.1, 0.15) is 0 Å². The van der Waals surface area contributed by atoms with Gasteiger partial charge in [-0.1, -0.05) is 0 Å². The number of hydrogen-bond donors (Lipinski definition) is 20. The Morgan fingerprint density at radius 1 is 0.301 bits per heavy atom. The van der Waals surface area contributed by atoms with Gasteiger partial charge in [0.2, 0.25) is 23.7 Å². The lowest BCUT2D eigenvalue weighted by molar-refractivity contribution is -0.490. The van der Waals surface area contributed by atoms with Crippen LogP contribution in [0.2, 0.25) is 0 Å². The normalized spacial score (nSPS) is 56.7. The molecular formula is C38H62O35. The van der Waals surface area contributed by atoms with Crippen molar-refractivity contribution in [3.05, 3.63) is 0 Å². The highest BCUT2D eigenvalue weighted by molar-refractivity contribution is 5.00. The monoisotopic (exact) mass is 1080 g/mol. The van der Waals surface area contributed by atoms with Crippen LogP contribution in [0.5, 0.6) is 0 Å². The highest BCUT2D eigenvalue weighted by Gasteiger charge is 2.61. The topological polar surface area (TPSA) is 543 Å². The Morgan fingerprint density at radius 2 is 0.616 bits per heavy atom. The molecule has 21 aliphatic rings. The average Bonchev–Trinajstić information content (AvgIpc) is 3.36. The summed E-state index contributed by atoms with van der Waals surface area (Å²) in [4.78, 5) is 0. The predicted octanol–water partition coefficient (Wildman–Crippen LogP) is -14.8. The van der Waals surface area contributed by atoms with E-state index in [1.54, 1.807) is 0 Å². The molecule has 0 aromatic rings. The molecule has 0 aliphatic carbocycles. The number of aliphatic hydroxyl groups is 20. The van der Waals surface area contributed by atoms with E-state index in [1.807, 2.05) is 0 Å². The summed E-state index contributed by atoms with van der Waals surface area (Å²) in [6.07, 6.45) is -57.2. The third-order valence-corrected chi connectivity index (χ3v) is 13.5. The second-order valence-electron chi connectivity index (χ2n) is 18.4. The van der Waals surface area contributed by atoms with Crippen molar-refractivity contribution >= 4 is 0 Å². The molecule has 0 radical (unpaired) electrons. The van der Waals surface area contributed by atoms with Crippen LogP contribution in [-0.2, 0) is 71.1 Å². The van der Waals surface area contributed by atoms with Gasteiger partial charge in [0.1, 0.15) is 142 Å². The molecule has 3 unspecified atom stereocenters. The van der Waals surface area contributed by atoms with E-state index in [0.29, 0.717) is 0 Å². The van der Waals surface area contributed by atoms with Crippen LogP contribution in [0.3, 0.4) is 0 Å². The van der Waals surface area contributed by atoms with Gasteiger partial charge < -0.3 is 168 Å². The zero-order chi connectivity index (χ0) is 53.2. The van der Waals surface area contributed by atoms with Crippen molar-refractivity contribution in [3.63, 3.8) is 0 Å². The van der Waals surface area contributed by atoms with Crippen molar-refractivity contribution in [1.29, 1.82) is 0 Å². The lowest BCUT2D eigenvalue weighted by atomic mass is 9.95. The molecule has 14 bridgehead atoms. The minimum Gasteiger partial charge on any atom is -0.394 e. The molecule has 0 saturated carbocycles. The van der Waals surface area contributed by atoms with Gasteiger partial charge in [-0.25, -0.2) is 0 Å². The fourth-order valence-electron chi connectivity index (χ4n) is 9.21. The zero-order valence-electron chi connectivity index (χ0n) is 37.7. The second kappa shape index (κ2) is 22.8. The van der Waals surface area contributed by atoms with Crippen molar-refractivity contribution in [3.8, 4) is 0 Å². The Labute approximate surface area is 409 Å². The fraction of sp³-hybridized carbons (Fsp3) is 1.00. The summed E-state index contributed by atoms with van der Waals surface area (Å²) >= 11 is 0. The molecule has 0 spiro atoms. The largest absolute Gasteiger partial charge is 0.394 e. The Hall–Kier alpha value is -1.40. The van der Waals surface area contributed by atoms with Crippen molar-refractivity contribution < 1.29 is 173 Å². The molecule has 73 heavy (non-hydrogen) atoms. The third-order valence-electron chi connectivity index (χ3n) is 13.5. The van der Waals surface area contributed by atoms with E-state index >= 15 is 0 Å². The van der Waals surface area contributed by atoms with Gasteiger partial charge in [-0.15, -0.1) is 0 Å². The first-order chi connectivity index (χ1) is 34.4. The molecule has 21 heterocycles. The van der Waals surface area contributed by atoms with E-state index in [2.05, 4.69) is 0 Å². The minimum atomic E-state index is -3.09. The number of aliphatic hydroxyl groups excluding tert-OH is 17. The highest BCUT2D eigenvalue weighted by Crippen LogP contribution is 2.39. The first-order valence-electron chi connectivity index (χ1n) is 22.7. The maximum absolute atomic E-state index is 11.3. The minimum absolute atomic E-state index is 1.02. The van der Waals surface area contributed by atoms with Gasteiger partial charge in [0.25, 0.3) is 6.48 Å². The molecule has 21 fully saturated rings. The summed E-state index contributed by atoms with van der Waals surface area (Å²) in [5.41, 5.74) is 0. The quantitative estimate of drug-likeness (QED) is 0.124. The maximum Gasteiger partial charge on any atom is 0.274 e. The summed E-state index contributed by atoms with van der Waals surface area (Å²) in [7, 11) is 0. The van der Waals surface area contributed by atoms with Gasteiger partial charge >= 0.3 is 0 Å². The van der Waals surface area contributed by atoms with E-state index in [4.69, 9.17) is 71.1 Å². The van der Waals surface area contributed by atoms with Crippen LogP contribution in [0.25, 0.3) is 0 Å². The van der Waals surface area contributed by atoms with Crippen molar-refractivity contribution in [1.82, 2.24) is 0 Å². The molecule has 21 saturated heterocycles. The highest BCUT2D eigenvalue weighted by atomic mass is 16.9. The van der Waals surface area contributed by atoms with Gasteiger partial charge in [-0.05, 0) is 0 Å². The third kappa shape index (κ3) is 11.0. The second-order valence-corrected chi connectivity index (χ2v) is 18.4. The summed E-state index contributed by atoms with van der Waals surface area (Å²) in [5, 5.41) is 219. The Bertz CT molecular complexity index is 1790. The van der Waals surface area contributed by atoms with Gasteiger partial charge in [0.05, 0.1) is 26.4 Å². The van der Waals surface area contributed by atoms with E-state index in [-0.39, 0.29) is 0 Å². The molecule has 31 atom stereocenters. The Balaban J connectivity index is 1.04. The van der Waals surface area contributed by atoms with Crippen LogP contribution in [0.15, 0.2) is 0 Å². The van der Waals surface area contributed by atoms with Gasteiger partial charge in [0, 0.05) is 0 Å². The molecule has 424 valence electrons. The summed E-state index contributed by atoms with van der Waals surface area (Å²) in [5.74, 6) is -9.15. The average molecular weight is 1080 g/mol. The van der Waals surface area contributed by atoms with Crippen molar-refractivity contribution in [2.45, 2.75) is 190 Å². The van der Waals surface area contributed by atoms with E-state index in [9.17, 15) is 102 Å². The summed E-state index contributed by atoms with van der Waals surface area (Å²) in [6.45, 7) is -9.82. The standard InChI is InChI=1S/C38H62O35/c39-1-8-23-12(43)16(47)30(62-8)68-24-10(3-41)64-32(18(49)15(24)46)72-37(57)6-60-29(21(52)27(37)54)71-36(56)5-59-28(20(51)26(36)53)66-22-9(2-40)65-33(19(50)14(22)45)73-38(58)7-61-35(70-34(38)55)69-25-11(4-42)63-31(67-23)17(48)13(25)44/h8-35,39-58H,1-7H2/t8-,9-,10-,11-,12+,13+,14+,15+,16+,17+,18+,19+,20+,21+,22+,23?,24?,25?,26+,27+,28-,29-,30-,31+,32-,33-,34+,35-,36+,37+,38+/m0/s1. The number of rotatable bonds is 4. The maximum atomic E-state index is 11.3. The Morgan fingerprint density at radius 3 is 1.03 bits per heavy atom. The zero-order valence-corrected chi connectivity index (χ0v) is 37.7. The van der Waals surface area contributed by atoms with E-state index in [0.717, 1.165) is 0 Å². The molecule has 21 rings (SSSR count). The first kappa shape index (κ1) is 57.8. The molecular weight excluding hydrogens is 1020 g/mol. The van der Waals surface area contributed by atoms with Gasteiger partial charge in [-0.2, -0.15) is 0 Å². The lowest BCUT2D eigenvalue weighted by Gasteiger charge is -2.50. The molecule has 35 heteroatoms. The molecule has 21 aliphatic heterocycles. The van der Waals surface area contributed by atoms with E-state index < -0.39 is 236 Å². The lowest BCUT2D eigenvalue weighted by Crippen LogP contribution is -2.70. The Kier molecular flexibility index (Phi) is 18.0. The van der Waals surface area contributed by atoms with Crippen molar-refractivity contribution in [2.75, 3.05) is 46.2 Å². The summed E-state index contributed by atoms with van der Waals surface area (Å²) in [6, 6.07) is 0. The van der Waals surface area contributed by atoms with Gasteiger partial charge in [0.15, 0.2) is 37.7 Å². The molecule has 20 N–H and O–H groups in total. The van der Waals surface area contributed by atoms with Crippen LogP contribution < -0.4 is 0 Å². The molecule has 35 nitrogen and oxygen atoms in total. The number of ether oxygens (including phenoxy) is 15. The predicted molar refractivity (Wildman–Crippen MR) is 209 cm³/mol. The van der Waals surface area contributed by atoms with Crippen LogP contribution in [0, 0.1) is 0 Å². The van der Waals surface area contributed by atoms with Crippen molar-refractivity contribution in [2.24, 2.45) is 0 Å². The smallest absolute Gasteiger partial charge is 0.274 e. The fourth-order valence-corrected chi connectivity index (χ4v) is 9.21. The molecule has 0 amide bonds.